The van der Waals surface area contributed by atoms with Crippen molar-refractivity contribution >= 4 is 62.5 Å². The minimum Gasteiger partial charge on any atom is -0.386 e. The standard InChI is InChI=1S/C45H50F3N7O6S/c1-24(22-49-30-7-4-6-28-38(30)43(60)55(42(28)59)34-14-15-37(56)53-40(34)58)26-16-18-54(19-17-26)23-25-10-12-27(13-11-25)41-52-33-20-29(44(2,3)61)32(21-35(33)62-41)51-39(57)31-8-5-9-36(50-31)45(46,47)48/h4-9,20-21,24-27,34,49,61H,10-19,22-23H2,1-3H3,(H,51,57)(H,53,56,58)/t24-,25-,27-,34?/m0/s1. The number of piperidine rings is 2. The molecule has 5 heterocycles. The maximum atomic E-state index is 13.5. The lowest BCUT2D eigenvalue weighted by Crippen LogP contribution is -2.54. The molecule has 1 saturated carbocycles. The molecule has 3 aliphatic heterocycles. The third-order valence-corrected chi connectivity index (χ3v) is 14.1. The maximum absolute atomic E-state index is 13.5. The van der Waals surface area contributed by atoms with Crippen LogP contribution >= 0.6 is 11.3 Å². The summed E-state index contributed by atoms with van der Waals surface area (Å²) in [5.41, 5.74) is -0.436. The molecule has 328 valence electrons. The number of rotatable bonds is 11. The zero-order chi connectivity index (χ0) is 44.1. The van der Waals surface area contributed by atoms with Crippen molar-refractivity contribution < 1.29 is 42.3 Å². The maximum Gasteiger partial charge on any atom is 0.433 e. The molecule has 0 bridgehead atoms. The fourth-order valence-electron chi connectivity index (χ4n) is 9.44. The van der Waals surface area contributed by atoms with E-state index in [1.165, 1.54) is 17.4 Å². The molecular formula is C45H50F3N7O6S. The van der Waals surface area contributed by atoms with E-state index in [0.29, 0.717) is 41.1 Å². The number of hydrogen-bond acceptors (Lipinski definition) is 11. The highest BCUT2D eigenvalue weighted by molar-refractivity contribution is 7.18. The van der Waals surface area contributed by atoms with Gasteiger partial charge in [-0.15, -0.1) is 11.3 Å². The number of aliphatic hydroxyl groups is 1. The molecule has 4 N–H and O–H groups in total. The van der Waals surface area contributed by atoms with Gasteiger partial charge in [0.1, 0.15) is 17.4 Å². The molecule has 2 atom stereocenters. The largest absolute Gasteiger partial charge is 0.433 e. The fraction of sp³-hybridized carbons (Fsp3) is 0.489. The van der Waals surface area contributed by atoms with E-state index < -0.39 is 53.0 Å². The molecule has 17 heteroatoms. The summed E-state index contributed by atoms with van der Waals surface area (Å²) in [6.45, 7) is 9.05. The van der Waals surface area contributed by atoms with Crippen molar-refractivity contribution in [3.05, 3.63) is 81.6 Å². The summed E-state index contributed by atoms with van der Waals surface area (Å²) in [7, 11) is 0. The van der Waals surface area contributed by atoms with Crippen molar-refractivity contribution in [1.82, 2.24) is 25.1 Å². The number of halogens is 3. The zero-order valence-electron chi connectivity index (χ0n) is 34.8. The van der Waals surface area contributed by atoms with E-state index in [-0.39, 0.29) is 41.3 Å². The number of carbonyl (C=O) groups excluding carboxylic acids is 5. The fourth-order valence-corrected chi connectivity index (χ4v) is 10.6. The molecule has 2 aromatic heterocycles. The van der Waals surface area contributed by atoms with Crippen LogP contribution in [0.2, 0.25) is 0 Å². The van der Waals surface area contributed by atoms with Crippen molar-refractivity contribution in [3.63, 3.8) is 0 Å². The summed E-state index contributed by atoms with van der Waals surface area (Å²) in [5.74, 6) is -1.23. The van der Waals surface area contributed by atoms with Crippen LogP contribution in [0.3, 0.4) is 0 Å². The number of likely N-dealkylation sites (tertiary alicyclic amines) is 1. The molecule has 8 rings (SSSR count). The first kappa shape index (κ1) is 43.4. The molecular weight excluding hydrogens is 824 g/mol. The molecule has 3 fully saturated rings. The SMILES string of the molecule is C[C@@H](CNc1cccc2c1C(=O)N(C1CCC(=O)NC1=O)C2=O)C1CCN(C[C@H]2CC[C@H](c3nc4cc(C(C)(C)O)c(NC(=O)c5cccc(C(F)(F)F)n5)cc4s3)CC2)CC1. The van der Waals surface area contributed by atoms with Gasteiger partial charge in [-0.25, -0.2) is 9.97 Å². The van der Waals surface area contributed by atoms with Gasteiger partial charge in [0.25, 0.3) is 17.7 Å². The van der Waals surface area contributed by atoms with E-state index in [0.717, 1.165) is 84.9 Å². The summed E-state index contributed by atoms with van der Waals surface area (Å²) in [4.78, 5) is 76.1. The number of anilines is 2. The summed E-state index contributed by atoms with van der Waals surface area (Å²) >= 11 is 1.54. The van der Waals surface area contributed by atoms with Gasteiger partial charge >= 0.3 is 6.18 Å². The van der Waals surface area contributed by atoms with Crippen LogP contribution in [0, 0.1) is 17.8 Å². The number of hydrogen-bond donors (Lipinski definition) is 4. The third-order valence-electron chi connectivity index (χ3n) is 13.0. The monoisotopic (exact) mass is 873 g/mol. The van der Waals surface area contributed by atoms with Gasteiger partial charge in [-0.05, 0) is 126 Å². The van der Waals surface area contributed by atoms with Crippen LogP contribution < -0.4 is 16.0 Å². The summed E-state index contributed by atoms with van der Waals surface area (Å²) in [6, 6.07) is 10.8. The number of nitrogens with zero attached hydrogens (tertiary/aromatic N) is 4. The number of carbonyl (C=O) groups is 5. The molecule has 1 aliphatic carbocycles. The molecule has 5 amide bonds. The number of nitrogens with one attached hydrogen (secondary N) is 3. The Morgan fingerprint density at radius 3 is 2.35 bits per heavy atom. The third kappa shape index (κ3) is 8.97. The molecule has 4 aliphatic rings. The Hall–Kier alpha value is -5.26. The van der Waals surface area contributed by atoms with Crippen LogP contribution in [0.15, 0.2) is 48.5 Å². The van der Waals surface area contributed by atoms with Gasteiger partial charge < -0.3 is 20.6 Å². The van der Waals surface area contributed by atoms with E-state index in [9.17, 15) is 42.3 Å². The Labute approximate surface area is 360 Å². The van der Waals surface area contributed by atoms with Crippen molar-refractivity contribution in [3.8, 4) is 0 Å². The van der Waals surface area contributed by atoms with Crippen molar-refractivity contribution in [2.24, 2.45) is 17.8 Å². The molecule has 62 heavy (non-hydrogen) atoms. The van der Waals surface area contributed by atoms with E-state index in [1.807, 2.05) is 0 Å². The van der Waals surface area contributed by atoms with Gasteiger partial charge in [0.05, 0.1) is 32.0 Å². The van der Waals surface area contributed by atoms with Crippen LogP contribution in [0.25, 0.3) is 10.2 Å². The molecule has 4 aromatic rings. The Morgan fingerprint density at radius 2 is 1.66 bits per heavy atom. The second-order valence-corrected chi connectivity index (χ2v) is 18.8. The first-order chi connectivity index (χ1) is 29.4. The minimum absolute atomic E-state index is 0.0684. The highest BCUT2D eigenvalue weighted by Crippen LogP contribution is 2.42. The summed E-state index contributed by atoms with van der Waals surface area (Å²) in [5, 5.41) is 20.4. The van der Waals surface area contributed by atoms with Gasteiger partial charge in [0.2, 0.25) is 11.8 Å². The van der Waals surface area contributed by atoms with E-state index in [2.05, 4.69) is 32.8 Å². The van der Waals surface area contributed by atoms with Crippen LogP contribution in [0.5, 0.6) is 0 Å². The van der Waals surface area contributed by atoms with E-state index in [1.54, 1.807) is 44.2 Å². The normalized spacial score (nSPS) is 22.2. The lowest BCUT2D eigenvalue weighted by Gasteiger charge is -2.38. The second-order valence-electron chi connectivity index (χ2n) is 17.7. The van der Waals surface area contributed by atoms with Gasteiger partial charge in [-0.1, -0.05) is 19.1 Å². The Morgan fingerprint density at radius 1 is 0.935 bits per heavy atom. The molecule has 2 aromatic carbocycles. The number of imide groups is 2. The average Bonchev–Trinajstić information content (AvgIpc) is 3.77. The highest BCUT2D eigenvalue weighted by atomic mass is 32.1. The van der Waals surface area contributed by atoms with Gasteiger partial charge in [-0.3, -0.25) is 34.2 Å². The minimum atomic E-state index is -4.70. The van der Waals surface area contributed by atoms with Crippen molar-refractivity contribution in [2.75, 3.05) is 36.8 Å². The lowest BCUT2D eigenvalue weighted by molar-refractivity contribution is -0.141. The second kappa shape index (κ2) is 17.1. The number of alkyl halides is 3. The van der Waals surface area contributed by atoms with Gasteiger partial charge in [0, 0.05) is 42.4 Å². The van der Waals surface area contributed by atoms with Crippen LogP contribution in [-0.2, 0) is 21.4 Å². The Balaban J connectivity index is 0.824. The number of thiazole rings is 1. The predicted octanol–water partition coefficient (Wildman–Crippen LogP) is 7.33. The number of amides is 5. The van der Waals surface area contributed by atoms with Crippen LogP contribution in [0.1, 0.15) is 126 Å². The van der Waals surface area contributed by atoms with E-state index >= 15 is 0 Å². The van der Waals surface area contributed by atoms with Crippen molar-refractivity contribution in [2.45, 2.75) is 95.9 Å². The Bertz CT molecular complexity index is 2420. The predicted molar refractivity (Wildman–Crippen MR) is 227 cm³/mol. The first-order valence-corrected chi connectivity index (χ1v) is 22.1. The molecule has 1 unspecified atom stereocenters. The number of pyridine rings is 1. The number of fused-ring (bicyclic) bond motifs is 2. The van der Waals surface area contributed by atoms with Gasteiger partial charge in [0.15, 0.2) is 0 Å². The number of benzene rings is 2. The van der Waals surface area contributed by atoms with Crippen LogP contribution in [0.4, 0.5) is 24.5 Å². The number of aromatic nitrogens is 2. The molecule has 2 saturated heterocycles. The lowest BCUT2D eigenvalue weighted by atomic mass is 9.81. The molecule has 0 radical (unpaired) electrons. The smallest absolute Gasteiger partial charge is 0.386 e. The molecule has 13 nitrogen and oxygen atoms in total. The summed E-state index contributed by atoms with van der Waals surface area (Å²) in [6.07, 6.45) is 1.74. The zero-order valence-corrected chi connectivity index (χ0v) is 35.6. The quantitative estimate of drug-likeness (QED) is 0.112. The average molecular weight is 874 g/mol. The molecule has 0 spiro atoms. The van der Waals surface area contributed by atoms with Crippen LogP contribution in [-0.4, -0.2) is 86.6 Å². The van der Waals surface area contributed by atoms with E-state index in [4.69, 9.17) is 4.98 Å². The first-order valence-electron chi connectivity index (χ1n) is 21.3. The highest BCUT2D eigenvalue weighted by Gasteiger charge is 2.46. The van der Waals surface area contributed by atoms with Crippen molar-refractivity contribution in [1.29, 1.82) is 0 Å². The van der Waals surface area contributed by atoms with Gasteiger partial charge in [-0.2, -0.15) is 13.2 Å². The Kier molecular flexibility index (Phi) is 12.0. The summed E-state index contributed by atoms with van der Waals surface area (Å²) < 4.78 is 40.6. The topological polar surface area (TPSA) is 174 Å².